The fourth-order valence-electron chi connectivity index (χ4n) is 4.68. The van der Waals surface area contributed by atoms with Gasteiger partial charge in [0.1, 0.15) is 11.5 Å². The Labute approximate surface area is 247 Å². The molecule has 3 rings (SSSR count). The van der Waals surface area contributed by atoms with Crippen LogP contribution < -0.4 is 9.05 Å². The summed E-state index contributed by atoms with van der Waals surface area (Å²) in [7, 11) is 0. The molecule has 1 unspecified atom stereocenters. The highest BCUT2D eigenvalue weighted by atomic mass is 32.9. The van der Waals surface area contributed by atoms with Crippen LogP contribution in [0, 0.1) is 0 Å². The molecule has 0 saturated carbocycles. The quantitative estimate of drug-likeness (QED) is 0.103. The number of unbranched alkanes of at least 4 members (excludes halogenated alkanes) is 8. The Morgan fingerprint density at radius 3 is 1.62 bits per heavy atom. The summed E-state index contributed by atoms with van der Waals surface area (Å²) in [6.07, 6.45) is 14.9. The molecule has 5 heteroatoms. The van der Waals surface area contributed by atoms with Gasteiger partial charge in [0.15, 0.2) is 0 Å². The number of rotatable bonds is 19. The van der Waals surface area contributed by atoms with Crippen LogP contribution in [0.2, 0.25) is 0 Å². The number of aryl methyl sites for hydroxylation is 2. The molecule has 0 saturated heterocycles. The first kappa shape index (κ1) is 31.8. The Morgan fingerprint density at radius 2 is 1.13 bits per heavy atom. The van der Waals surface area contributed by atoms with Crippen molar-refractivity contribution in [3.8, 4) is 11.5 Å². The van der Waals surface area contributed by atoms with Gasteiger partial charge in [-0.05, 0) is 96.8 Å². The summed E-state index contributed by atoms with van der Waals surface area (Å²) in [5.74, 6) is 1.62. The van der Waals surface area contributed by atoms with Crippen molar-refractivity contribution in [2.45, 2.75) is 103 Å². The molecule has 1 atom stereocenters. The third kappa shape index (κ3) is 12.1. The lowest BCUT2D eigenvalue weighted by Crippen LogP contribution is -2.01. The molecule has 0 aromatic heterocycles. The largest absolute Gasteiger partial charge is 0.428 e. The van der Waals surface area contributed by atoms with Crippen molar-refractivity contribution in [3.63, 3.8) is 0 Å². The van der Waals surface area contributed by atoms with Crippen molar-refractivity contribution < 1.29 is 9.05 Å². The second-order valence-electron chi connectivity index (χ2n) is 10.4. The third-order valence-electron chi connectivity index (χ3n) is 6.93. The van der Waals surface area contributed by atoms with Gasteiger partial charge in [-0.25, -0.2) is 0 Å². The van der Waals surface area contributed by atoms with E-state index < -0.39 is 5.69 Å². The lowest BCUT2D eigenvalue weighted by atomic mass is 10.1. The Balaban J connectivity index is 1.73. The van der Waals surface area contributed by atoms with E-state index in [-0.39, 0.29) is 5.25 Å². The Morgan fingerprint density at radius 1 is 0.641 bits per heavy atom. The van der Waals surface area contributed by atoms with E-state index in [0.717, 1.165) is 24.3 Å². The van der Waals surface area contributed by atoms with Gasteiger partial charge in [-0.3, -0.25) is 0 Å². The first-order valence-corrected chi connectivity index (χ1v) is 19.0. The predicted molar refractivity (Wildman–Crippen MR) is 176 cm³/mol. The van der Waals surface area contributed by atoms with Crippen LogP contribution in [0.4, 0.5) is 0 Å². The van der Waals surface area contributed by atoms with Gasteiger partial charge >= 0.3 is 5.69 Å². The van der Waals surface area contributed by atoms with E-state index in [1.807, 2.05) is 18.2 Å². The molecule has 39 heavy (non-hydrogen) atoms. The fourth-order valence-corrected chi connectivity index (χ4v) is 10.2. The lowest BCUT2D eigenvalue weighted by Gasteiger charge is -2.26. The van der Waals surface area contributed by atoms with E-state index in [0.29, 0.717) is 0 Å². The minimum atomic E-state index is -2.76. The van der Waals surface area contributed by atoms with Crippen molar-refractivity contribution in [1.29, 1.82) is 0 Å². The Bertz CT molecular complexity index is 1070. The van der Waals surface area contributed by atoms with Crippen molar-refractivity contribution in [3.05, 3.63) is 95.6 Å². The normalized spacial score (nSPS) is 12.3. The molecular formula is C34H47O2PS2. The van der Waals surface area contributed by atoms with Gasteiger partial charge < -0.3 is 9.05 Å². The van der Waals surface area contributed by atoms with E-state index in [1.165, 1.54) is 80.9 Å². The molecule has 0 heterocycles. The maximum absolute atomic E-state index is 6.62. The van der Waals surface area contributed by atoms with Crippen LogP contribution in [0.25, 0.3) is 0 Å². The van der Waals surface area contributed by atoms with Crippen LogP contribution in [0.15, 0.2) is 78.9 Å². The van der Waals surface area contributed by atoms with Gasteiger partial charge in [0.05, 0.1) is 0 Å². The molecule has 0 spiro atoms. The molecule has 3 aromatic rings. The second kappa shape index (κ2) is 17.8. The van der Waals surface area contributed by atoms with E-state index >= 15 is 0 Å². The van der Waals surface area contributed by atoms with Crippen LogP contribution >= 0.6 is 17.1 Å². The summed E-state index contributed by atoms with van der Waals surface area (Å²) in [6.45, 7) is 6.70. The van der Waals surface area contributed by atoms with E-state index in [1.54, 1.807) is 11.4 Å². The zero-order valence-electron chi connectivity index (χ0n) is 24.1. The molecular weight excluding hydrogens is 535 g/mol. The van der Waals surface area contributed by atoms with Crippen LogP contribution in [0.1, 0.15) is 107 Å². The van der Waals surface area contributed by atoms with Crippen molar-refractivity contribution in [2.24, 2.45) is 0 Å². The molecule has 0 amide bonds. The highest BCUT2D eigenvalue weighted by molar-refractivity contribution is 8.68. The SMILES string of the molecule is CCCCCCCc1cccc(OP(=S)(Oc2cccc(CCCCCCC)c2)SC(C)c2ccccc2)c1. The summed E-state index contributed by atoms with van der Waals surface area (Å²) < 4.78 is 13.2. The first-order valence-electron chi connectivity index (χ1n) is 14.9. The molecule has 212 valence electrons. The molecule has 0 radical (unpaired) electrons. The monoisotopic (exact) mass is 582 g/mol. The molecule has 0 aliphatic carbocycles. The number of benzene rings is 3. The third-order valence-corrected chi connectivity index (χ3v) is 12.0. The standard InChI is InChI=1S/C34H47O2PS2/c1-4-6-8-10-13-19-30-21-17-25-33(27-30)35-37(38,39-29(3)32-23-15-12-16-24-32)36-34-26-18-22-31(28-34)20-14-11-9-7-5-2/h12,15-18,21-29H,4-11,13-14,19-20H2,1-3H3. The highest BCUT2D eigenvalue weighted by Gasteiger charge is 2.28. The average molecular weight is 583 g/mol. The molecule has 3 aromatic carbocycles. The summed E-state index contributed by atoms with van der Waals surface area (Å²) in [5, 5.41) is 0.153. The maximum Gasteiger partial charge on any atom is 0.349 e. The lowest BCUT2D eigenvalue weighted by molar-refractivity contribution is 0.505. The molecule has 0 aliphatic heterocycles. The molecule has 0 N–H and O–H groups in total. The van der Waals surface area contributed by atoms with Gasteiger partial charge in [0.25, 0.3) is 0 Å². The smallest absolute Gasteiger partial charge is 0.349 e. The predicted octanol–water partition coefficient (Wildman–Crippen LogP) is 11.9. The van der Waals surface area contributed by atoms with Crippen LogP contribution in [0.3, 0.4) is 0 Å². The van der Waals surface area contributed by atoms with Crippen LogP contribution in [0.5, 0.6) is 11.5 Å². The van der Waals surface area contributed by atoms with Gasteiger partial charge in [0, 0.05) is 5.25 Å². The van der Waals surface area contributed by atoms with Crippen LogP contribution in [-0.2, 0) is 24.6 Å². The van der Waals surface area contributed by atoms with E-state index in [4.69, 9.17) is 20.9 Å². The second-order valence-corrected chi connectivity index (χ2v) is 16.8. The zero-order chi connectivity index (χ0) is 27.8. The molecule has 0 bridgehead atoms. The minimum absolute atomic E-state index is 0.153. The molecule has 0 aliphatic rings. The van der Waals surface area contributed by atoms with Gasteiger partial charge in [-0.1, -0.05) is 120 Å². The van der Waals surface area contributed by atoms with Gasteiger partial charge in [-0.15, -0.1) is 0 Å². The summed E-state index contributed by atoms with van der Waals surface area (Å²) >= 11 is 7.87. The Kier molecular flexibility index (Phi) is 14.5. The highest BCUT2D eigenvalue weighted by Crippen LogP contribution is 2.64. The van der Waals surface area contributed by atoms with Crippen molar-refractivity contribution in [2.75, 3.05) is 0 Å². The first-order chi connectivity index (χ1) is 19.0. The van der Waals surface area contributed by atoms with E-state index in [9.17, 15) is 0 Å². The topological polar surface area (TPSA) is 18.5 Å². The molecule has 2 nitrogen and oxygen atoms in total. The molecule has 0 fully saturated rings. The summed E-state index contributed by atoms with van der Waals surface area (Å²) in [5.41, 5.74) is 1.08. The van der Waals surface area contributed by atoms with Crippen molar-refractivity contribution >= 4 is 28.9 Å². The number of hydrogen-bond donors (Lipinski definition) is 0. The minimum Gasteiger partial charge on any atom is -0.428 e. The fraction of sp³-hybridized carbons (Fsp3) is 0.471. The maximum atomic E-state index is 6.62. The van der Waals surface area contributed by atoms with Crippen molar-refractivity contribution in [1.82, 2.24) is 0 Å². The average Bonchev–Trinajstić information content (AvgIpc) is 2.93. The number of hydrogen-bond acceptors (Lipinski definition) is 4. The summed E-state index contributed by atoms with van der Waals surface area (Å²) in [6, 6.07) is 27.4. The van der Waals surface area contributed by atoms with Gasteiger partial charge in [0.2, 0.25) is 0 Å². The van der Waals surface area contributed by atoms with Crippen LogP contribution in [-0.4, -0.2) is 0 Å². The van der Waals surface area contributed by atoms with E-state index in [2.05, 4.69) is 81.4 Å². The summed E-state index contributed by atoms with van der Waals surface area (Å²) in [4.78, 5) is 0. The zero-order valence-corrected chi connectivity index (χ0v) is 26.7. The Hall–Kier alpha value is -1.74. The van der Waals surface area contributed by atoms with Gasteiger partial charge in [-0.2, -0.15) is 0 Å².